The molecule has 0 aliphatic carbocycles. The molecule has 0 aromatic carbocycles. The van der Waals surface area contributed by atoms with E-state index in [4.69, 9.17) is 0 Å². The number of hydrogen-bond donors (Lipinski definition) is 0. The van der Waals surface area contributed by atoms with Crippen molar-refractivity contribution in [1.29, 1.82) is 0 Å². The van der Waals surface area contributed by atoms with E-state index in [1.807, 2.05) is 0 Å². The van der Waals surface area contributed by atoms with Gasteiger partial charge in [-0.2, -0.15) is 0 Å². The van der Waals surface area contributed by atoms with Crippen LogP contribution < -0.4 is 15.3 Å². The minimum Gasteiger partial charge on any atom is -0.550 e. The fourth-order valence-corrected chi connectivity index (χ4v) is 7.77. The summed E-state index contributed by atoms with van der Waals surface area (Å²) in [6.07, 6.45) is 51.0. The van der Waals surface area contributed by atoms with Gasteiger partial charge in [-0.1, -0.05) is 273 Å². The monoisotopic (exact) mass is 919 g/mol. The van der Waals surface area contributed by atoms with Gasteiger partial charge >= 0.3 is 19.8 Å². The summed E-state index contributed by atoms with van der Waals surface area (Å²) in [7, 11) is 0. The molecule has 61 heavy (non-hydrogen) atoms. The summed E-state index contributed by atoms with van der Waals surface area (Å²) in [5.41, 5.74) is 0. The summed E-state index contributed by atoms with van der Waals surface area (Å²) in [4.78, 5) is 30.7. The Bertz CT molecular complexity index is 751. The Kier molecular flexibility index (Phi) is 62.3. The molecule has 0 saturated carbocycles. The van der Waals surface area contributed by atoms with Crippen molar-refractivity contribution >= 4 is 37.7 Å². The van der Waals surface area contributed by atoms with Crippen LogP contribution in [0.4, 0.5) is 0 Å². The quantitative estimate of drug-likeness (QED) is 0.0443. The van der Waals surface area contributed by atoms with E-state index < -0.39 is 17.9 Å². The van der Waals surface area contributed by atoms with Crippen LogP contribution in [0.15, 0.2) is 0 Å². The molecule has 0 N–H and O–H groups in total. The zero-order valence-corrected chi connectivity index (χ0v) is 44.4. The smallest absolute Gasteiger partial charge is 0.550 e. The maximum absolute atomic E-state index is 10.2. The fourth-order valence-electron chi connectivity index (χ4n) is 7.77. The third-order valence-electron chi connectivity index (χ3n) is 11.7. The molecule has 360 valence electrons. The Labute approximate surface area is 394 Å². The van der Waals surface area contributed by atoms with Gasteiger partial charge in [-0.25, -0.2) is 0 Å². The minimum absolute atomic E-state index is 0. The maximum atomic E-state index is 10.2. The summed E-state index contributed by atoms with van der Waals surface area (Å²) >= 11 is 0. The summed E-state index contributed by atoms with van der Waals surface area (Å²) in [6, 6.07) is 0. The second-order valence-corrected chi connectivity index (χ2v) is 19.6. The zero-order valence-electron chi connectivity index (χ0n) is 42.0. The number of carboxylic acid groups (broad SMARTS) is 3. The number of rotatable bonds is 45. The average molecular weight is 920 g/mol. The molecule has 0 aromatic rings. The van der Waals surface area contributed by atoms with E-state index in [1.165, 1.54) is 212 Å². The minimum atomic E-state index is -0.904. The van der Waals surface area contributed by atoms with Crippen molar-refractivity contribution in [3.05, 3.63) is 0 Å². The second kappa shape index (κ2) is 57.1. The molecule has 6 nitrogen and oxygen atoms in total. The van der Waals surface area contributed by atoms with Crippen LogP contribution in [0, 0.1) is 17.8 Å². The van der Waals surface area contributed by atoms with Crippen LogP contribution >= 0.6 is 0 Å². The van der Waals surface area contributed by atoms with E-state index in [0.29, 0.717) is 0 Å². The van der Waals surface area contributed by atoms with Crippen LogP contribution in [0.1, 0.15) is 311 Å². The molecule has 0 bridgehead atoms. The van der Waals surface area contributed by atoms with Gasteiger partial charge in [0.1, 0.15) is 0 Å². The first-order chi connectivity index (χ1) is 28.9. The third kappa shape index (κ3) is 76.7. The average Bonchev–Trinajstić information content (AvgIpc) is 3.18. The van der Waals surface area contributed by atoms with Crippen LogP contribution in [0.2, 0.25) is 0 Å². The Morgan fingerprint density at radius 1 is 0.246 bits per heavy atom. The molecule has 0 aliphatic heterocycles. The molecule has 7 heteroatoms. The van der Waals surface area contributed by atoms with E-state index in [2.05, 4.69) is 41.5 Å². The van der Waals surface area contributed by atoms with Crippen LogP contribution in [0.5, 0.6) is 0 Å². The van der Waals surface area contributed by atoms with Gasteiger partial charge in [0, 0.05) is 17.9 Å². The standard InChI is InChI=1S/3C18H36O2.Ga/c3*1-17(2)15-13-11-9-7-5-3-4-6-8-10-12-14-16-18(19)20;/h3*17H,3-16H2,1-2H3,(H,19,20);/q;;;+3/p-3. The SMILES string of the molecule is CC(C)CCCCCCCCCCCCCCC(=O)[O-].CC(C)CCCCCCCCCCCCCCC(=O)[O-].CC(C)CCCCCCCCCCCCCCC(=O)[O-].[Ga+3]. The number of hydrogen-bond acceptors (Lipinski definition) is 6. The van der Waals surface area contributed by atoms with E-state index in [1.54, 1.807) is 0 Å². The van der Waals surface area contributed by atoms with Crippen LogP contribution in [-0.4, -0.2) is 37.7 Å². The predicted molar refractivity (Wildman–Crippen MR) is 259 cm³/mol. The van der Waals surface area contributed by atoms with Gasteiger partial charge in [-0.15, -0.1) is 0 Å². The first-order valence-electron chi connectivity index (χ1n) is 26.5. The number of carbonyl (C=O) groups is 3. The van der Waals surface area contributed by atoms with E-state index in [9.17, 15) is 29.7 Å². The molecule has 0 amide bonds. The van der Waals surface area contributed by atoms with E-state index in [0.717, 1.165) is 56.3 Å². The Morgan fingerprint density at radius 3 is 0.475 bits per heavy atom. The first-order valence-corrected chi connectivity index (χ1v) is 26.5. The van der Waals surface area contributed by atoms with E-state index >= 15 is 0 Å². The van der Waals surface area contributed by atoms with Crippen LogP contribution in [0.25, 0.3) is 0 Å². The Hall–Kier alpha value is -0.954. The molecule has 0 aliphatic rings. The molecule has 0 aromatic heterocycles. The number of carbonyl (C=O) groups excluding carboxylic acids is 3. The number of carboxylic acids is 3. The summed E-state index contributed by atoms with van der Waals surface area (Å²) < 4.78 is 0. The third-order valence-corrected chi connectivity index (χ3v) is 11.7. The predicted octanol–water partition coefficient (Wildman–Crippen LogP) is 14.2. The topological polar surface area (TPSA) is 120 Å². The summed E-state index contributed by atoms with van der Waals surface area (Å²) in [5, 5.41) is 30.7. The van der Waals surface area contributed by atoms with Crippen molar-refractivity contribution in [2.45, 2.75) is 311 Å². The Balaban J connectivity index is -0.000000396. The maximum Gasteiger partial charge on any atom is 3.00 e. The second-order valence-electron chi connectivity index (χ2n) is 19.6. The zero-order chi connectivity index (χ0) is 45.2. The number of unbranched alkanes of at least 4 members (excludes halogenated alkanes) is 33. The molecule has 0 fully saturated rings. The summed E-state index contributed by atoms with van der Waals surface area (Å²) in [6.45, 7) is 13.8. The van der Waals surface area contributed by atoms with E-state index in [-0.39, 0.29) is 39.1 Å². The molecule has 0 atom stereocenters. The molecule has 0 radical (unpaired) electrons. The van der Waals surface area contributed by atoms with Crippen molar-refractivity contribution in [2.75, 3.05) is 0 Å². The van der Waals surface area contributed by atoms with Gasteiger partial charge in [-0.05, 0) is 56.3 Å². The largest absolute Gasteiger partial charge is 3.00 e. The van der Waals surface area contributed by atoms with Crippen LogP contribution in [-0.2, 0) is 14.4 Å². The van der Waals surface area contributed by atoms with Crippen molar-refractivity contribution < 1.29 is 29.7 Å². The van der Waals surface area contributed by atoms with Gasteiger partial charge in [0.2, 0.25) is 0 Å². The number of aliphatic carboxylic acids is 3. The van der Waals surface area contributed by atoms with Gasteiger partial charge < -0.3 is 29.7 Å². The molecular weight excluding hydrogens is 814 g/mol. The van der Waals surface area contributed by atoms with Crippen molar-refractivity contribution in [3.63, 3.8) is 0 Å². The molecule has 0 unspecified atom stereocenters. The molecule has 0 saturated heterocycles. The fraction of sp³-hybridized carbons (Fsp3) is 0.944. The Morgan fingerprint density at radius 2 is 0.361 bits per heavy atom. The normalized spacial score (nSPS) is 11.0. The van der Waals surface area contributed by atoms with Crippen molar-refractivity contribution in [1.82, 2.24) is 0 Å². The molecule has 0 heterocycles. The molecule has 0 rings (SSSR count). The van der Waals surface area contributed by atoms with Gasteiger partial charge in [0.25, 0.3) is 0 Å². The van der Waals surface area contributed by atoms with Gasteiger partial charge in [0.05, 0.1) is 0 Å². The summed E-state index contributed by atoms with van der Waals surface area (Å²) in [5.74, 6) is -0.125. The van der Waals surface area contributed by atoms with Gasteiger partial charge in [0.15, 0.2) is 0 Å². The van der Waals surface area contributed by atoms with Crippen molar-refractivity contribution in [2.24, 2.45) is 17.8 Å². The molecule has 0 spiro atoms. The first kappa shape index (κ1) is 66.6. The molecular formula is C54H105GaO6. The van der Waals surface area contributed by atoms with Crippen LogP contribution in [0.3, 0.4) is 0 Å². The van der Waals surface area contributed by atoms with Crippen molar-refractivity contribution in [3.8, 4) is 0 Å². The van der Waals surface area contributed by atoms with Gasteiger partial charge in [-0.3, -0.25) is 0 Å².